The van der Waals surface area contributed by atoms with Crippen molar-refractivity contribution in [2.45, 2.75) is 0 Å². The molecule has 4 heteroatoms. The zero-order valence-corrected chi connectivity index (χ0v) is 13.3. The molecule has 3 nitrogen and oxygen atoms in total. The van der Waals surface area contributed by atoms with E-state index in [-0.39, 0.29) is 6.79 Å². The Morgan fingerprint density at radius 1 is 0.696 bits per heavy atom. The van der Waals surface area contributed by atoms with Gasteiger partial charge in [-0.05, 0) is 12.1 Å². The van der Waals surface area contributed by atoms with E-state index >= 15 is 0 Å². The molecule has 1 aliphatic rings. The highest BCUT2D eigenvalue weighted by Crippen LogP contribution is 2.48. The smallest absolute Gasteiger partial charge is 0.231 e. The first-order valence-electron chi connectivity index (χ1n) is 7.40. The van der Waals surface area contributed by atoms with Crippen LogP contribution < -0.4 is 25.4 Å². The molecule has 3 aromatic carbocycles. The van der Waals surface area contributed by atoms with Crippen LogP contribution in [0.1, 0.15) is 0 Å². The summed E-state index contributed by atoms with van der Waals surface area (Å²) < 4.78 is 25.3. The van der Waals surface area contributed by atoms with Crippen molar-refractivity contribution in [2.24, 2.45) is 0 Å². The predicted octanol–water partition coefficient (Wildman–Crippen LogP) is 3.05. The second kappa shape index (κ2) is 5.60. The molecule has 0 bridgehead atoms. The van der Waals surface area contributed by atoms with Crippen molar-refractivity contribution >= 4 is 23.1 Å². The Morgan fingerprint density at radius 2 is 1.30 bits per heavy atom. The summed E-state index contributed by atoms with van der Waals surface area (Å²) in [6, 6.07) is 24.7. The van der Waals surface area contributed by atoms with Crippen LogP contribution in [0.5, 0.6) is 11.5 Å². The number of rotatable bonds is 3. The third-order valence-corrected chi connectivity index (χ3v) is 7.04. The van der Waals surface area contributed by atoms with Gasteiger partial charge in [-0.1, -0.05) is 66.7 Å². The van der Waals surface area contributed by atoms with E-state index in [2.05, 4.69) is 0 Å². The van der Waals surface area contributed by atoms with E-state index < -0.39 is 7.14 Å². The van der Waals surface area contributed by atoms with Crippen LogP contribution >= 0.6 is 7.14 Å². The summed E-state index contributed by atoms with van der Waals surface area (Å²) >= 11 is 0. The molecule has 0 atom stereocenters. The molecule has 0 unspecified atom stereocenters. The highest BCUT2D eigenvalue weighted by molar-refractivity contribution is 7.85. The maximum atomic E-state index is 14.2. The number of ether oxygens (including phenoxy) is 2. The topological polar surface area (TPSA) is 35.5 Å². The largest absolute Gasteiger partial charge is 0.454 e. The van der Waals surface area contributed by atoms with Gasteiger partial charge in [-0.3, -0.25) is 0 Å². The second-order valence-electron chi connectivity index (χ2n) is 5.29. The molecule has 0 saturated carbocycles. The van der Waals surface area contributed by atoms with Gasteiger partial charge in [0, 0.05) is 10.6 Å². The lowest BCUT2D eigenvalue weighted by atomic mass is 10.3. The first-order chi connectivity index (χ1) is 11.3. The monoisotopic (exact) mass is 322 g/mol. The van der Waals surface area contributed by atoms with Crippen molar-refractivity contribution < 1.29 is 14.0 Å². The van der Waals surface area contributed by atoms with Crippen molar-refractivity contribution in [1.29, 1.82) is 0 Å². The molecule has 0 amide bonds. The molecular weight excluding hydrogens is 307 g/mol. The molecule has 23 heavy (non-hydrogen) atoms. The lowest BCUT2D eigenvalue weighted by molar-refractivity contribution is 0.174. The van der Waals surface area contributed by atoms with Gasteiger partial charge in [-0.25, -0.2) is 0 Å². The van der Waals surface area contributed by atoms with Crippen molar-refractivity contribution in [3.8, 4) is 11.5 Å². The van der Waals surface area contributed by atoms with Gasteiger partial charge in [-0.2, -0.15) is 0 Å². The van der Waals surface area contributed by atoms with Gasteiger partial charge in [-0.15, -0.1) is 0 Å². The summed E-state index contributed by atoms with van der Waals surface area (Å²) in [4.78, 5) is 0. The maximum Gasteiger partial charge on any atom is 0.231 e. The summed E-state index contributed by atoms with van der Waals surface area (Å²) in [5.74, 6) is 1.23. The van der Waals surface area contributed by atoms with Gasteiger partial charge in [0.25, 0.3) is 0 Å². The second-order valence-corrected chi connectivity index (χ2v) is 8.02. The van der Waals surface area contributed by atoms with E-state index in [4.69, 9.17) is 9.47 Å². The van der Waals surface area contributed by atoms with Gasteiger partial charge in [0.15, 0.2) is 18.6 Å². The van der Waals surface area contributed by atoms with E-state index in [9.17, 15) is 4.57 Å². The molecule has 1 aliphatic heterocycles. The summed E-state index contributed by atoms with van der Waals surface area (Å²) in [6.07, 6.45) is 0. The summed E-state index contributed by atoms with van der Waals surface area (Å²) in [5.41, 5.74) is 0. The normalized spacial score (nSPS) is 13.0. The van der Waals surface area contributed by atoms with E-state index in [0.29, 0.717) is 16.8 Å². The van der Waals surface area contributed by atoms with Crippen molar-refractivity contribution in [3.05, 3.63) is 78.9 Å². The molecule has 4 rings (SSSR count). The van der Waals surface area contributed by atoms with Crippen LogP contribution in [-0.4, -0.2) is 6.79 Å². The van der Waals surface area contributed by atoms with Gasteiger partial charge >= 0.3 is 0 Å². The Labute approximate surface area is 134 Å². The summed E-state index contributed by atoms with van der Waals surface area (Å²) in [6.45, 7) is 0.163. The van der Waals surface area contributed by atoms with Crippen LogP contribution in [0, 0.1) is 0 Å². The molecular formula is C19H15O3P. The first kappa shape index (κ1) is 14.1. The summed E-state index contributed by atoms with van der Waals surface area (Å²) in [7, 11) is -3.02. The standard InChI is InChI=1S/C19H15O3P/c20-23(15-8-3-1-4-9-15,16-10-5-2-6-11-16)18-13-7-12-17-19(18)22-14-21-17/h1-13H,14H2. The van der Waals surface area contributed by atoms with Crippen LogP contribution in [0.25, 0.3) is 0 Å². The molecule has 0 fully saturated rings. The average Bonchev–Trinajstić information content (AvgIpc) is 3.11. The Balaban J connectivity index is 2.02. The third-order valence-electron chi connectivity index (χ3n) is 3.95. The van der Waals surface area contributed by atoms with Crippen molar-refractivity contribution in [2.75, 3.05) is 6.79 Å². The predicted molar refractivity (Wildman–Crippen MR) is 92.0 cm³/mol. The molecule has 114 valence electrons. The maximum absolute atomic E-state index is 14.2. The lowest BCUT2D eigenvalue weighted by Gasteiger charge is -2.21. The van der Waals surface area contributed by atoms with Crippen LogP contribution in [0.4, 0.5) is 0 Å². The number of para-hydroxylation sites is 1. The Kier molecular flexibility index (Phi) is 3.44. The number of benzene rings is 3. The molecule has 0 spiro atoms. The van der Waals surface area contributed by atoms with Gasteiger partial charge in [0.2, 0.25) is 6.79 Å². The van der Waals surface area contributed by atoms with Crippen LogP contribution in [0.15, 0.2) is 78.9 Å². The van der Waals surface area contributed by atoms with E-state index in [1.807, 2.05) is 78.9 Å². The molecule has 0 aromatic heterocycles. The minimum Gasteiger partial charge on any atom is -0.454 e. The zero-order valence-electron chi connectivity index (χ0n) is 12.4. The van der Waals surface area contributed by atoms with Crippen molar-refractivity contribution in [1.82, 2.24) is 0 Å². The van der Waals surface area contributed by atoms with Crippen molar-refractivity contribution in [3.63, 3.8) is 0 Å². The Bertz CT molecular complexity index is 832. The molecule has 0 aliphatic carbocycles. The fraction of sp³-hybridized carbons (Fsp3) is 0.0526. The fourth-order valence-corrected chi connectivity index (χ4v) is 5.66. The van der Waals surface area contributed by atoms with E-state index in [1.54, 1.807) is 0 Å². The number of hydrogen-bond acceptors (Lipinski definition) is 3. The highest BCUT2D eigenvalue weighted by atomic mass is 31.2. The minimum atomic E-state index is -3.02. The van der Waals surface area contributed by atoms with Gasteiger partial charge in [0.05, 0.1) is 5.30 Å². The van der Waals surface area contributed by atoms with Crippen LogP contribution in [-0.2, 0) is 4.57 Å². The molecule has 0 radical (unpaired) electrons. The molecule has 0 saturated heterocycles. The summed E-state index contributed by atoms with van der Waals surface area (Å²) in [5, 5.41) is 2.26. The molecule has 1 heterocycles. The van der Waals surface area contributed by atoms with Gasteiger partial charge < -0.3 is 14.0 Å². The lowest BCUT2D eigenvalue weighted by Crippen LogP contribution is -2.25. The quantitative estimate of drug-likeness (QED) is 0.695. The van der Waals surface area contributed by atoms with Gasteiger partial charge in [0.1, 0.15) is 0 Å². The number of fused-ring (bicyclic) bond motifs is 1. The number of hydrogen-bond donors (Lipinski definition) is 0. The Morgan fingerprint density at radius 3 is 1.91 bits per heavy atom. The fourth-order valence-electron chi connectivity index (χ4n) is 2.87. The first-order valence-corrected chi connectivity index (χ1v) is 9.11. The average molecular weight is 322 g/mol. The van der Waals surface area contributed by atoms with E-state index in [1.165, 1.54) is 0 Å². The van der Waals surface area contributed by atoms with Crippen LogP contribution in [0.2, 0.25) is 0 Å². The SMILES string of the molecule is O=P(c1ccccc1)(c1ccccc1)c1cccc2c1OCO2. The Hall–Kier alpha value is -2.51. The van der Waals surface area contributed by atoms with E-state index in [0.717, 1.165) is 10.6 Å². The third kappa shape index (κ3) is 2.25. The minimum absolute atomic E-state index is 0.163. The molecule has 3 aromatic rings. The van der Waals surface area contributed by atoms with Crippen LogP contribution in [0.3, 0.4) is 0 Å². The molecule has 0 N–H and O–H groups in total. The zero-order chi connectivity index (χ0) is 15.7. The highest BCUT2D eigenvalue weighted by Gasteiger charge is 2.35.